The highest BCUT2D eigenvalue weighted by Gasteiger charge is 2.10. The maximum absolute atomic E-state index is 5.85. The summed E-state index contributed by atoms with van der Waals surface area (Å²) in [5.41, 5.74) is 1.20. The zero-order valence-electron chi connectivity index (χ0n) is 11.9. The van der Waals surface area contributed by atoms with E-state index in [1.807, 2.05) is 18.2 Å². The van der Waals surface area contributed by atoms with E-state index in [4.69, 9.17) is 9.47 Å². The molecule has 1 atom stereocenters. The van der Waals surface area contributed by atoms with E-state index >= 15 is 0 Å². The highest BCUT2D eigenvalue weighted by Crippen LogP contribution is 2.25. The van der Waals surface area contributed by atoms with Crippen LogP contribution in [0.15, 0.2) is 24.3 Å². The van der Waals surface area contributed by atoms with Gasteiger partial charge in [0.2, 0.25) is 0 Å². The second-order valence-electron chi connectivity index (χ2n) is 4.91. The minimum absolute atomic E-state index is 0.267. The summed E-state index contributed by atoms with van der Waals surface area (Å²) in [5, 5.41) is 3.42. The van der Waals surface area contributed by atoms with Gasteiger partial charge in [0.15, 0.2) is 0 Å². The summed E-state index contributed by atoms with van der Waals surface area (Å²) in [5.74, 6) is 1.51. The summed E-state index contributed by atoms with van der Waals surface area (Å²) in [6.07, 6.45) is 0. The van der Waals surface area contributed by atoms with Gasteiger partial charge < -0.3 is 14.8 Å². The minimum atomic E-state index is 0.267. The van der Waals surface area contributed by atoms with Crippen molar-refractivity contribution in [2.24, 2.45) is 5.92 Å². The lowest BCUT2D eigenvalue weighted by molar-refractivity contribution is 0.196. The molecule has 0 amide bonds. The van der Waals surface area contributed by atoms with Crippen molar-refractivity contribution in [3.63, 3.8) is 0 Å². The molecule has 1 rings (SSSR count). The molecule has 0 saturated heterocycles. The molecule has 3 heteroatoms. The van der Waals surface area contributed by atoms with Gasteiger partial charge in [0.05, 0.1) is 13.2 Å². The monoisotopic (exact) mass is 251 g/mol. The first kappa shape index (κ1) is 15.0. The third kappa shape index (κ3) is 5.07. The number of hydrogen-bond acceptors (Lipinski definition) is 3. The lowest BCUT2D eigenvalue weighted by Gasteiger charge is -2.19. The van der Waals surface area contributed by atoms with E-state index < -0.39 is 0 Å². The van der Waals surface area contributed by atoms with E-state index in [9.17, 15) is 0 Å². The molecule has 0 unspecified atom stereocenters. The smallest absolute Gasteiger partial charge is 0.124 e. The fourth-order valence-corrected chi connectivity index (χ4v) is 1.71. The topological polar surface area (TPSA) is 30.5 Å². The van der Waals surface area contributed by atoms with Crippen LogP contribution in [0.3, 0.4) is 0 Å². The molecule has 0 bridgehead atoms. The molecular formula is C15H25NO2. The van der Waals surface area contributed by atoms with Crippen LogP contribution >= 0.6 is 0 Å². The third-order valence-corrected chi connectivity index (χ3v) is 2.71. The highest BCUT2D eigenvalue weighted by molar-refractivity contribution is 5.35. The van der Waals surface area contributed by atoms with E-state index in [0.29, 0.717) is 5.92 Å². The number of nitrogens with one attached hydrogen (secondary N) is 1. The molecule has 0 radical (unpaired) electrons. The lowest BCUT2D eigenvalue weighted by atomic mass is 10.1. The van der Waals surface area contributed by atoms with Gasteiger partial charge in [-0.1, -0.05) is 32.0 Å². The normalized spacial score (nSPS) is 12.7. The van der Waals surface area contributed by atoms with Crippen molar-refractivity contribution < 1.29 is 9.47 Å². The summed E-state index contributed by atoms with van der Waals surface area (Å²) < 4.78 is 10.9. The Morgan fingerprint density at radius 3 is 2.56 bits per heavy atom. The first-order valence-electron chi connectivity index (χ1n) is 6.59. The van der Waals surface area contributed by atoms with E-state index in [1.165, 1.54) is 5.56 Å². The van der Waals surface area contributed by atoms with Crippen LogP contribution in [0.25, 0.3) is 0 Å². The van der Waals surface area contributed by atoms with Crippen LogP contribution in [0.1, 0.15) is 32.4 Å². The van der Waals surface area contributed by atoms with Gasteiger partial charge in [-0.05, 0) is 18.9 Å². The fourth-order valence-electron chi connectivity index (χ4n) is 1.71. The molecule has 1 aromatic rings. The summed E-state index contributed by atoms with van der Waals surface area (Å²) in [6, 6.07) is 8.47. The van der Waals surface area contributed by atoms with E-state index in [0.717, 1.165) is 25.5 Å². The van der Waals surface area contributed by atoms with Crippen LogP contribution in [-0.2, 0) is 4.74 Å². The second kappa shape index (κ2) is 8.11. The number of ether oxygens (including phenoxy) is 2. The summed E-state index contributed by atoms with van der Waals surface area (Å²) in [6.45, 7) is 8.77. The molecule has 0 aliphatic carbocycles. The Balaban J connectivity index is 2.62. The van der Waals surface area contributed by atoms with Crippen LogP contribution in [-0.4, -0.2) is 26.9 Å². The molecule has 0 saturated carbocycles. The SMILES string of the molecule is COCCN[C@H](C)c1ccccc1OCC(C)C. The van der Waals surface area contributed by atoms with Gasteiger partial charge in [-0.25, -0.2) is 0 Å². The Kier molecular flexibility index (Phi) is 6.76. The van der Waals surface area contributed by atoms with Crippen molar-refractivity contribution in [1.82, 2.24) is 5.32 Å². The van der Waals surface area contributed by atoms with E-state index in [1.54, 1.807) is 7.11 Å². The maximum atomic E-state index is 5.85. The van der Waals surface area contributed by atoms with Gasteiger partial charge in [0.25, 0.3) is 0 Å². The van der Waals surface area contributed by atoms with Crippen molar-refractivity contribution in [3.05, 3.63) is 29.8 Å². The van der Waals surface area contributed by atoms with Gasteiger partial charge in [-0.3, -0.25) is 0 Å². The zero-order chi connectivity index (χ0) is 13.4. The largest absolute Gasteiger partial charge is 0.493 e. The average Bonchev–Trinajstić information content (AvgIpc) is 2.37. The van der Waals surface area contributed by atoms with Crippen molar-refractivity contribution in [2.75, 3.05) is 26.9 Å². The second-order valence-corrected chi connectivity index (χ2v) is 4.91. The maximum Gasteiger partial charge on any atom is 0.124 e. The van der Waals surface area contributed by atoms with Crippen LogP contribution in [0.5, 0.6) is 5.75 Å². The average molecular weight is 251 g/mol. The minimum Gasteiger partial charge on any atom is -0.493 e. The molecule has 0 heterocycles. The fraction of sp³-hybridized carbons (Fsp3) is 0.600. The van der Waals surface area contributed by atoms with E-state index in [2.05, 4.69) is 32.2 Å². The van der Waals surface area contributed by atoms with Gasteiger partial charge in [0, 0.05) is 25.3 Å². The number of rotatable bonds is 8. The summed E-state index contributed by atoms with van der Waals surface area (Å²) >= 11 is 0. The Labute approximate surface area is 110 Å². The summed E-state index contributed by atoms with van der Waals surface area (Å²) in [4.78, 5) is 0. The predicted molar refractivity (Wildman–Crippen MR) is 75.1 cm³/mol. The molecule has 0 aliphatic heterocycles. The van der Waals surface area contributed by atoms with Crippen LogP contribution in [0.4, 0.5) is 0 Å². The van der Waals surface area contributed by atoms with Gasteiger partial charge in [-0.2, -0.15) is 0 Å². The van der Waals surface area contributed by atoms with Crippen molar-refractivity contribution in [1.29, 1.82) is 0 Å². The van der Waals surface area contributed by atoms with Crippen LogP contribution in [0, 0.1) is 5.92 Å². The van der Waals surface area contributed by atoms with Crippen LogP contribution < -0.4 is 10.1 Å². The Morgan fingerprint density at radius 2 is 1.89 bits per heavy atom. The Hall–Kier alpha value is -1.06. The molecule has 1 aromatic carbocycles. The van der Waals surface area contributed by atoms with Gasteiger partial charge >= 0.3 is 0 Å². The number of methoxy groups -OCH3 is 1. The third-order valence-electron chi connectivity index (χ3n) is 2.71. The quantitative estimate of drug-likeness (QED) is 0.720. The van der Waals surface area contributed by atoms with E-state index in [-0.39, 0.29) is 6.04 Å². The van der Waals surface area contributed by atoms with Crippen LogP contribution in [0.2, 0.25) is 0 Å². The van der Waals surface area contributed by atoms with Crippen molar-refractivity contribution in [2.45, 2.75) is 26.8 Å². The number of hydrogen-bond donors (Lipinski definition) is 1. The Morgan fingerprint density at radius 1 is 1.17 bits per heavy atom. The number of benzene rings is 1. The standard InChI is InChI=1S/C15H25NO2/c1-12(2)11-18-15-8-6-5-7-14(15)13(3)16-9-10-17-4/h5-8,12-13,16H,9-11H2,1-4H3/t13-/m1/s1. The molecule has 102 valence electrons. The molecule has 3 nitrogen and oxygen atoms in total. The Bertz CT molecular complexity index is 339. The molecule has 0 aromatic heterocycles. The molecule has 0 aliphatic rings. The molecular weight excluding hydrogens is 226 g/mol. The molecule has 18 heavy (non-hydrogen) atoms. The molecule has 0 spiro atoms. The summed E-state index contributed by atoms with van der Waals surface area (Å²) in [7, 11) is 1.71. The molecule has 1 N–H and O–H groups in total. The first-order valence-corrected chi connectivity index (χ1v) is 6.59. The van der Waals surface area contributed by atoms with Gasteiger partial charge in [-0.15, -0.1) is 0 Å². The first-order chi connectivity index (χ1) is 8.65. The van der Waals surface area contributed by atoms with Crippen molar-refractivity contribution >= 4 is 0 Å². The number of para-hydroxylation sites is 1. The molecule has 0 fully saturated rings. The van der Waals surface area contributed by atoms with Gasteiger partial charge in [0.1, 0.15) is 5.75 Å². The van der Waals surface area contributed by atoms with Crippen molar-refractivity contribution in [3.8, 4) is 5.75 Å². The zero-order valence-corrected chi connectivity index (χ0v) is 11.9. The highest BCUT2D eigenvalue weighted by atomic mass is 16.5. The predicted octanol–water partition coefficient (Wildman–Crippen LogP) is 3.02. The lowest BCUT2D eigenvalue weighted by Crippen LogP contribution is -2.23.